The second-order valence-corrected chi connectivity index (χ2v) is 13.9. The molecule has 2 amide bonds. The van der Waals surface area contributed by atoms with Gasteiger partial charge in [-0.25, -0.2) is 8.42 Å². The van der Waals surface area contributed by atoms with Crippen LogP contribution < -0.4 is 9.62 Å². The fourth-order valence-corrected chi connectivity index (χ4v) is 7.01. The quantitative estimate of drug-likeness (QED) is 0.147. The molecule has 0 spiro atoms. The van der Waals surface area contributed by atoms with Crippen LogP contribution in [0.25, 0.3) is 0 Å². The molecule has 1 atom stereocenters. The fraction of sp³-hybridized carbons (Fsp3) is 0.278. The molecule has 0 radical (unpaired) electrons. The number of benzene rings is 4. The molecule has 0 aliphatic heterocycles. The van der Waals surface area contributed by atoms with Gasteiger partial charge in [0.2, 0.25) is 11.8 Å². The molecule has 45 heavy (non-hydrogen) atoms. The van der Waals surface area contributed by atoms with Crippen LogP contribution in [0.15, 0.2) is 112 Å². The van der Waals surface area contributed by atoms with Crippen LogP contribution in [0.5, 0.6) is 0 Å². The summed E-state index contributed by atoms with van der Waals surface area (Å²) in [6, 6.07) is 29.9. The lowest BCUT2D eigenvalue weighted by Gasteiger charge is -2.34. The van der Waals surface area contributed by atoms with E-state index in [-0.39, 0.29) is 23.8 Å². The molecule has 0 bridgehead atoms. The number of halogens is 1. The number of hydrogen-bond acceptors (Lipinski definition) is 4. The molecule has 0 aliphatic rings. The molecule has 0 saturated heterocycles. The minimum Gasteiger partial charge on any atom is -0.354 e. The molecule has 4 aromatic rings. The van der Waals surface area contributed by atoms with Crippen molar-refractivity contribution in [1.82, 2.24) is 10.2 Å². The summed E-state index contributed by atoms with van der Waals surface area (Å²) in [6.45, 7) is 5.86. The fourth-order valence-electron chi connectivity index (χ4n) is 5.09. The zero-order valence-electron chi connectivity index (χ0n) is 25.9. The Hall–Kier alpha value is -3.95. The lowest BCUT2D eigenvalue weighted by molar-refractivity contribution is -0.140. The summed E-state index contributed by atoms with van der Waals surface area (Å²) < 4.78 is 30.4. The van der Waals surface area contributed by atoms with E-state index < -0.39 is 28.5 Å². The Labute approximate surface area is 275 Å². The highest BCUT2D eigenvalue weighted by atomic mass is 79.9. The highest BCUT2D eigenvalue weighted by Gasteiger charge is 2.35. The first-order valence-corrected chi connectivity index (χ1v) is 17.3. The summed E-state index contributed by atoms with van der Waals surface area (Å²) in [5, 5.41) is 3.02. The Morgan fingerprint density at radius 3 is 2.18 bits per heavy atom. The molecule has 4 aromatic carbocycles. The van der Waals surface area contributed by atoms with Gasteiger partial charge in [-0.15, -0.1) is 0 Å². The van der Waals surface area contributed by atoms with Gasteiger partial charge in [0.25, 0.3) is 10.0 Å². The van der Waals surface area contributed by atoms with Crippen molar-refractivity contribution < 1.29 is 18.0 Å². The van der Waals surface area contributed by atoms with Crippen LogP contribution in [-0.2, 0) is 32.6 Å². The van der Waals surface area contributed by atoms with Crippen LogP contribution in [0.2, 0.25) is 0 Å². The molecule has 0 unspecified atom stereocenters. The van der Waals surface area contributed by atoms with Gasteiger partial charge in [-0.05, 0) is 67.3 Å². The van der Waals surface area contributed by atoms with Crippen LogP contribution >= 0.6 is 15.9 Å². The van der Waals surface area contributed by atoms with E-state index in [4.69, 9.17) is 0 Å². The predicted molar refractivity (Wildman–Crippen MR) is 183 cm³/mol. The van der Waals surface area contributed by atoms with E-state index in [1.165, 1.54) is 4.90 Å². The van der Waals surface area contributed by atoms with Gasteiger partial charge in [-0.3, -0.25) is 13.9 Å². The number of carbonyl (C=O) groups excluding carboxylic acids is 2. The lowest BCUT2D eigenvalue weighted by atomic mass is 10.0. The van der Waals surface area contributed by atoms with Crippen LogP contribution in [0.3, 0.4) is 0 Å². The molecule has 236 valence electrons. The normalized spacial score (nSPS) is 11.9. The number of rotatable bonds is 14. The van der Waals surface area contributed by atoms with E-state index >= 15 is 0 Å². The van der Waals surface area contributed by atoms with Crippen LogP contribution in [0.1, 0.15) is 42.0 Å². The second-order valence-electron chi connectivity index (χ2n) is 11.1. The van der Waals surface area contributed by atoms with Gasteiger partial charge in [-0.2, -0.15) is 0 Å². The van der Waals surface area contributed by atoms with Gasteiger partial charge in [0, 0.05) is 24.0 Å². The van der Waals surface area contributed by atoms with E-state index in [0.717, 1.165) is 38.3 Å². The molecule has 0 aromatic heterocycles. The third kappa shape index (κ3) is 9.05. The zero-order valence-corrected chi connectivity index (χ0v) is 28.4. The largest absolute Gasteiger partial charge is 0.354 e. The average Bonchev–Trinajstić information content (AvgIpc) is 3.02. The van der Waals surface area contributed by atoms with Gasteiger partial charge in [0.05, 0.1) is 10.6 Å². The Morgan fingerprint density at radius 1 is 0.844 bits per heavy atom. The first-order chi connectivity index (χ1) is 21.6. The van der Waals surface area contributed by atoms with Crippen molar-refractivity contribution in [2.24, 2.45) is 0 Å². The number of carbonyl (C=O) groups is 2. The maximum Gasteiger partial charge on any atom is 0.264 e. The molecule has 0 saturated carbocycles. The first kappa shape index (κ1) is 33.9. The molecule has 0 heterocycles. The summed E-state index contributed by atoms with van der Waals surface area (Å²) in [6.07, 6.45) is 1.99. The molecular formula is C36H40BrN3O4S. The summed E-state index contributed by atoms with van der Waals surface area (Å²) in [4.78, 5) is 30.0. The Kier molecular flexibility index (Phi) is 12.0. The maximum atomic E-state index is 14.6. The second kappa shape index (κ2) is 15.9. The van der Waals surface area contributed by atoms with Crippen molar-refractivity contribution in [2.75, 3.05) is 17.4 Å². The zero-order chi connectivity index (χ0) is 32.4. The number of para-hydroxylation sites is 1. The van der Waals surface area contributed by atoms with Crippen molar-refractivity contribution in [3.63, 3.8) is 0 Å². The predicted octanol–water partition coefficient (Wildman–Crippen LogP) is 6.82. The molecule has 7 nitrogen and oxygen atoms in total. The van der Waals surface area contributed by atoms with Crippen molar-refractivity contribution in [3.8, 4) is 0 Å². The topological polar surface area (TPSA) is 86.8 Å². The number of unbranched alkanes of at least 4 members (excludes halogenated alkanes) is 1. The number of nitrogens with one attached hydrogen (secondary N) is 1. The third-order valence-electron chi connectivity index (χ3n) is 7.61. The van der Waals surface area contributed by atoms with Crippen LogP contribution in [-0.4, -0.2) is 44.3 Å². The highest BCUT2D eigenvalue weighted by Crippen LogP contribution is 2.28. The van der Waals surface area contributed by atoms with Crippen molar-refractivity contribution in [2.45, 2.75) is 57.5 Å². The van der Waals surface area contributed by atoms with E-state index in [1.807, 2.05) is 87.5 Å². The SMILES string of the molecule is CCCCNC(=O)[C@H](Cc1ccccc1)N(Cc1cccc(Br)c1)C(=O)CN(c1ccccc1C)S(=O)(=O)c1ccc(C)cc1. The van der Waals surface area contributed by atoms with Crippen molar-refractivity contribution in [3.05, 3.63) is 130 Å². The number of aryl methyl sites for hydroxylation is 2. The molecule has 0 aliphatic carbocycles. The number of nitrogens with zero attached hydrogens (tertiary/aromatic N) is 2. The summed E-state index contributed by atoms with van der Waals surface area (Å²) in [7, 11) is -4.15. The van der Waals surface area contributed by atoms with E-state index in [2.05, 4.69) is 21.2 Å². The average molecular weight is 691 g/mol. The molecule has 4 rings (SSSR count). The summed E-state index contributed by atoms with van der Waals surface area (Å²) in [5.41, 5.74) is 3.73. The summed E-state index contributed by atoms with van der Waals surface area (Å²) >= 11 is 3.52. The number of hydrogen-bond donors (Lipinski definition) is 1. The smallest absolute Gasteiger partial charge is 0.264 e. The standard InChI is InChI=1S/C36H40BrN3O4S/c1-4-5-22-38-36(42)34(24-29-13-7-6-8-14-29)39(25-30-15-11-16-31(37)23-30)35(41)26-40(33-17-10-9-12-28(33)3)45(43,44)32-20-18-27(2)19-21-32/h6-21,23,34H,4-5,22,24-26H2,1-3H3,(H,38,42)/t34-/m0/s1. The number of sulfonamides is 1. The Balaban J connectivity index is 1.80. The molecule has 0 fully saturated rings. The number of anilines is 1. The highest BCUT2D eigenvalue weighted by molar-refractivity contribution is 9.10. The molecule has 9 heteroatoms. The maximum absolute atomic E-state index is 14.6. The third-order valence-corrected chi connectivity index (χ3v) is 9.88. The van der Waals surface area contributed by atoms with Gasteiger partial charge in [0.15, 0.2) is 0 Å². The van der Waals surface area contributed by atoms with Gasteiger partial charge in [0.1, 0.15) is 12.6 Å². The van der Waals surface area contributed by atoms with Crippen molar-refractivity contribution in [1.29, 1.82) is 0 Å². The monoisotopic (exact) mass is 689 g/mol. The van der Waals surface area contributed by atoms with Crippen LogP contribution in [0.4, 0.5) is 5.69 Å². The van der Waals surface area contributed by atoms with Crippen LogP contribution in [0, 0.1) is 13.8 Å². The minimum absolute atomic E-state index is 0.0841. The van der Waals surface area contributed by atoms with E-state index in [9.17, 15) is 18.0 Å². The molecule has 1 N–H and O–H groups in total. The van der Waals surface area contributed by atoms with E-state index in [1.54, 1.807) is 36.4 Å². The Morgan fingerprint density at radius 2 is 1.51 bits per heavy atom. The Bertz CT molecular complexity index is 1700. The van der Waals surface area contributed by atoms with Gasteiger partial charge < -0.3 is 10.2 Å². The van der Waals surface area contributed by atoms with E-state index in [0.29, 0.717) is 17.8 Å². The van der Waals surface area contributed by atoms with Gasteiger partial charge >= 0.3 is 0 Å². The first-order valence-electron chi connectivity index (χ1n) is 15.1. The van der Waals surface area contributed by atoms with Crippen molar-refractivity contribution >= 4 is 43.5 Å². The number of amides is 2. The molecular weight excluding hydrogens is 650 g/mol. The summed E-state index contributed by atoms with van der Waals surface area (Å²) in [5.74, 6) is -0.764. The minimum atomic E-state index is -4.15. The lowest BCUT2D eigenvalue weighted by Crippen LogP contribution is -2.53. The van der Waals surface area contributed by atoms with Gasteiger partial charge in [-0.1, -0.05) is 108 Å².